The van der Waals surface area contributed by atoms with E-state index in [2.05, 4.69) is 16.0 Å². The van der Waals surface area contributed by atoms with Crippen molar-refractivity contribution >= 4 is 16.8 Å². The van der Waals surface area contributed by atoms with E-state index in [1.54, 1.807) is 0 Å². The SMILES string of the molecule is CC1CC1C(=O)C(C#N)c1nc2ccccc2[nH]1. The van der Waals surface area contributed by atoms with Crippen LogP contribution < -0.4 is 0 Å². The molecular formula is C14H13N3O. The minimum absolute atomic E-state index is 0.00376. The molecule has 4 nitrogen and oxygen atoms in total. The van der Waals surface area contributed by atoms with E-state index in [1.807, 2.05) is 31.2 Å². The molecule has 1 aliphatic carbocycles. The number of imidazole rings is 1. The van der Waals surface area contributed by atoms with Gasteiger partial charge in [0.25, 0.3) is 0 Å². The summed E-state index contributed by atoms with van der Waals surface area (Å²) in [5.41, 5.74) is 1.66. The molecule has 90 valence electrons. The highest BCUT2D eigenvalue weighted by Gasteiger charge is 2.43. The molecular weight excluding hydrogens is 226 g/mol. The van der Waals surface area contributed by atoms with E-state index >= 15 is 0 Å². The molecule has 0 bridgehead atoms. The second kappa shape index (κ2) is 3.95. The van der Waals surface area contributed by atoms with E-state index < -0.39 is 5.92 Å². The largest absolute Gasteiger partial charge is 0.340 e. The van der Waals surface area contributed by atoms with Gasteiger partial charge in [0.1, 0.15) is 5.82 Å². The molecule has 0 spiro atoms. The summed E-state index contributed by atoms with van der Waals surface area (Å²) in [6, 6.07) is 9.63. The normalized spacial score (nSPS) is 23.6. The van der Waals surface area contributed by atoms with Gasteiger partial charge in [0.2, 0.25) is 0 Å². The molecule has 1 saturated carbocycles. The van der Waals surface area contributed by atoms with Crippen molar-refractivity contribution in [2.24, 2.45) is 11.8 Å². The standard InChI is InChI=1S/C14H13N3O/c1-8-6-9(8)13(18)10(7-15)14-16-11-4-2-3-5-12(11)17-14/h2-5,8-10H,6H2,1H3,(H,16,17). The number of carbonyl (C=O) groups excluding carboxylic acids is 1. The number of para-hydroxylation sites is 2. The number of ketones is 1. The lowest BCUT2D eigenvalue weighted by molar-refractivity contribution is -0.120. The van der Waals surface area contributed by atoms with Gasteiger partial charge in [-0.3, -0.25) is 4.79 Å². The lowest BCUT2D eigenvalue weighted by atomic mass is 10.0. The van der Waals surface area contributed by atoms with Crippen LogP contribution in [0.2, 0.25) is 0 Å². The maximum atomic E-state index is 12.1. The van der Waals surface area contributed by atoms with Crippen molar-refractivity contribution in [3.63, 3.8) is 0 Å². The molecule has 0 radical (unpaired) electrons. The zero-order valence-corrected chi connectivity index (χ0v) is 10.1. The number of fused-ring (bicyclic) bond motifs is 1. The predicted molar refractivity (Wildman–Crippen MR) is 66.7 cm³/mol. The number of hydrogen-bond acceptors (Lipinski definition) is 3. The van der Waals surface area contributed by atoms with Gasteiger partial charge in [-0.2, -0.15) is 5.26 Å². The highest BCUT2D eigenvalue weighted by Crippen LogP contribution is 2.41. The van der Waals surface area contributed by atoms with Gasteiger partial charge in [-0.15, -0.1) is 0 Å². The average Bonchev–Trinajstić information content (AvgIpc) is 2.95. The Balaban J connectivity index is 1.96. The highest BCUT2D eigenvalue weighted by atomic mass is 16.1. The van der Waals surface area contributed by atoms with E-state index in [9.17, 15) is 10.1 Å². The van der Waals surface area contributed by atoms with Gasteiger partial charge >= 0.3 is 0 Å². The summed E-state index contributed by atoms with van der Waals surface area (Å²) in [4.78, 5) is 19.6. The van der Waals surface area contributed by atoms with Crippen molar-refractivity contribution in [1.29, 1.82) is 5.26 Å². The Morgan fingerprint density at radius 2 is 2.28 bits per heavy atom. The summed E-state index contributed by atoms with van der Waals surface area (Å²) in [6.45, 7) is 2.04. The van der Waals surface area contributed by atoms with Gasteiger partial charge in [-0.25, -0.2) is 4.98 Å². The Hall–Kier alpha value is -2.15. The zero-order chi connectivity index (χ0) is 12.7. The Morgan fingerprint density at radius 1 is 1.56 bits per heavy atom. The number of aromatic nitrogens is 2. The minimum Gasteiger partial charge on any atom is -0.340 e. The minimum atomic E-state index is -0.757. The van der Waals surface area contributed by atoms with Crippen molar-refractivity contribution in [1.82, 2.24) is 9.97 Å². The second-order valence-electron chi connectivity index (χ2n) is 4.92. The summed E-state index contributed by atoms with van der Waals surface area (Å²) < 4.78 is 0. The molecule has 1 fully saturated rings. The molecule has 3 rings (SSSR count). The van der Waals surface area contributed by atoms with E-state index in [0.717, 1.165) is 17.5 Å². The van der Waals surface area contributed by atoms with E-state index in [-0.39, 0.29) is 11.7 Å². The number of Topliss-reactive ketones (excluding diaryl/α,β-unsaturated/α-hetero) is 1. The highest BCUT2D eigenvalue weighted by molar-refractivity contribution is 5.92. The molecule has 3 unspecified atom stereocenters. The number of aromatic amines is 1. The fourth-order valence-electron chi connectivity index (χ4n) is 2.30. The summed E-state index contributed by atoms with van der Waals surface area (Å²) in [5, 5.41) is 9.21. The summed E-state index contributed by atoms with van der Waals surface area (Å²) in [7, 11) is 0. The molecule has 1 N–H and O–H groups in total. The van der Waals surface area contributed by atoms with Gasteiger partial charge in [0, 0.05) is 5.92 Å². The third kappa shape index (κ3) is 1.68. The molecule has 0 saturated heterocycles. The molecule has 1 aromatic heterocycles. The fraction of sp³-hybridized carbons (Fsp3) is 0.357. The second-order valence-corrected chi connectivity index (χ2v) is 4.92. The van der Waals surface area contributed by atoms with Gasteiger partial charge in [-0.05, 0) is 24.5 Å². The number of H-pyrrole nitrogens is 1. The molecule has 3 atom stereocenters. The van der Waals surface area contributed by atoms with Gasteiger partial charge < -0.3 is 4.98 Å². The summed E-state index contributed by atoms with van der Waals surface area (Å²) in [6.07, 6.45) is 0.900. The number of benzene rings is 1. The molecule has 18 heavy (non-hydrogen) atoms. The Labute approximate surface area is 105 Å². The van der Waals surface area contributed by atoms with Crippen LogP contribution in [0.1, 0.15) is 25.1 Å². The number of rotatable bonds is 3. The number of hydrogen-bond donors (Lipinski definition) is 1. The molecule has 0 amide bonds. The van der Waals surface area contributed by atoms with Crippen molar-refractivity contribution in [2.45, 2.75) is 19.3 Å². The number of nitriles is 1. The molecule has 1 heterocycles. The third-order valence-electron chi connectivity index (χ3n) is 3.57. The topological polar surface area (TPSA) is 69.5 Å². The van der Waals surface area contributed by atoms with Crippen molar-refractivity contribution in [2.75, 3.05) is 0 Å². The number of nitrogens with zero attached hydrogens (tertiary/aromatic N) is 2. The number of carbonyl (C=O) groups is 1. The fourth-order valence-corrected chi connectivity index (χ4v) is 2.30. The number of nitrogens with one attached hydrogen (secondary N) is 1. The van der Waals surface area contributed by atoms with Crippen LogP contribution in [0.4, 0.5) is 0 Å². The van der Waals surface area contributed by atoms with E-state index in [4.69, 9.17) is 0 Å². The van der Waals surface area contributed by atoms with Crippen LogP contribution in [0.3, 0.4) is 0 Å². The van der Waals surface area contributed by atoms with Crippen LogP contribution in [-0.2, 0) is 4.79 Å². The quantitative estimate of drug-likeness (QED) is 0.894. The monoisotopic (exact) mass is 239 g/mol. The van der Waals surface area contributed by atoms with Crippen LogP contribution in [0.5, 0.6) is 0 Å². The van der Waals surface area contributed by atoms with Crippen molar-refractivity contribution in [3.8, 4) is 6.07 Å². The van der Waals surface area contributed by atoms with Gasteiger partial charge in [-0.1, -0.05) is 19.1 Å². The Kier molecular flexibility index (Phi) is 2.41. The van der Waals surface area contributed by atoms with E-state index in [0.29, 0.717) is 11.7 Å². The lowest BCUT2D eigenvalue weighted by Crippen LogP contribution is -2.14. The maximum absolute atomic E-state index is 12.1. The average molecular weight is 239 g/mol. The van der Waals surface area contributed by atoms with Crippen LogP contribution in [0.25, 0.3) is 11.0 Å². The summed E-state index contributed by atoms with van der Waals surface area (Å²) >= 11 is 0. The molecule has 1 aromatic carbocycles. The van der Waals surface area contributed by atoms with Crippen LogP contribution >= 0.6 is 0 Å². The van der Waals surface area contributed by atoms with E-state index in [1.165, 1.54) is 0 Å². The van der Waals surface area contributed by atoms with Crippen LogP contribution in [0.15, 0.2) is 24.3 Å². The van der Waals surface area contributed by atoms with Crippen molar-refractivity contribution in [3.05, 3.63) is 30.1 Å². The van der Waals surface area contributed by atoms with Crippen LogP contribution in [0, 0.1) is 23.2 Å². The Morgan fingerprint density at radius 3 is 2.89 bits per heavy atom. The zero-order valence-electron chi connectivity index (χ0n) is 10.1. The lowest BCUT2D eigenvalue weighted by Gasteiger charge is -2.03. The predicted octanol–water partition coefficient (Wildman–Crippen LogP) is 2.40. The van der Waals surface area contributed by atoms with Gasteiger partial charge in [0.15, 0.2) is 11.7 Å². The third-order valence-corrected chi connectivity index (χ3v) is 3.57. The molecule has 1 aliphatic rings. The first-order valence-electron chi connectivity index (χ1n) is 6.08. The first-order valence-corrected chi connectivity index (χ1v) is 6.08. The van der Waals surface area contributed by atoms with Crippen LogP contribution in [-0.4, -0.2) is 15.8 Å². The molecule has 2 aromatic rings. The summed E-state index contributed by atoms with van der Waals surface area (Å²) in [5.74, 6) is 0.180. The maximum Gasteiger partial charge on any atom is 0.162 e. The molecule has 0 aliphatic heterocycles. The molecule has 4 heteroatoms. The van der Waals surface area contributed by atoms with Gasteiger partial charge in [0.05, 0.1) is 17.1 Å². The van der Waals surface area contributed by atoms with Crippen molar-refractivity contribution < 1.29 is 4.79 Å². The smallest absolute Gasteiger partial charge is 0.162 e. The first-order chi connectivity index (χ1) is 8.70. The first kappa shape index (κ1) is 11.0. The Bertz CT molecular complexity index is 619.